The van der Waals surface area contributed by atoms with Gasteiger partial charge in [0.15, 0.2) is 0 Å². The molecule has 1 unspecified atom stereocenters. The number of ether oxygens (including phenoxy) is 4. The van der Waals surface area contributed by atoms with E-state index in [0.717, 1.165) is 24.8 Å². The van der Waals surface area contributed by atoms with Crippen LogP contribution < -0.4 is 11.2 Å². The van der Waals surface area contributed by atoms with Gasteiger partial charge in [0.2, 0.25) is 9.84 Å². The third-order valence-corrected chi connectivity index (χ3v) is 11.6. The van der Waals surface area contributed by atoms with Gasteiger partial charge in [0.1, 0.15) is 25.5 Å². The lowest BCUT2D eigenvalue weighted by Crippen LogP contribution is -2.50. The van der Waals surface area contributed by atoms with E-state index in [2.05, 4.69) is 9.88 Å². The second-order valence-electron chi connectivity index (χ2n) is 13.3. The maximum Gasteiger partial charge on any atom is 0.508 e. The van der Waals surface area contributed by atoms with Crippen LogP contribution >= 0.6 is 0 Å². The van der Waals surface area contributed by atoms with Crippen molar-refractivity contribution >= 4 is 28.2 Å². The Balaban J connectivity index is 1.05. The van der Waals surface area contributed by atoms with Crippen molar-refractivity contribution in [1.29, 1.82) is 0 Å². The number of fused-ring (bicyclic) bond motifs is 1. The molecule has 3 aromatic rings. The molecule has 4 atom stereocenters. The number of H-pyrrole nitrogens is 1. The van der Waals surface area contributed by atoms with E-state index in [4.69, 9.17) is 18.9 Å². The standard InChI is InChI=1S/C37H44N4O10S/c1-3-30-31(20-33(50-30)41-21-25(2)34(42)38-35(41)43)51-37(45)48-18-17-39(22-26-11-5-4-6-12-26)23-28-14-9-10-16-40(28)36(44)49-24-29-19-27-13-7-8-15-32(27)52(29,46)47/h4-8,11-13,15,19,21,28,30-31,33H,3,9-10,14,16-18,20,22-24H2,1-2H3,(H,38,42,43)/t28?,30-,31-,33-/m1/s1. The largest absolute Gasteiger partial charge is 0.508 e. The lowest BCUT2D eigenvalue weighted by Gasteiger charge is -2.38. The number of amides is 1. The number of aryl methyl sites for hydroxylation is 1. The van der Waals surface area contributed by atoms with Gasteiger partial charge < -0.3 is 23.8 Å². The van der Waals surface area contributed by atoms with E-state index in [-0.39, 0.29) is 35.5 Å². The van der Waals surface area contributed by atoms with E-state index in [1.165, 1.54) is 10.8 Å². The summed E-state index contributed by atoms with van der Waals surface area (Å²) in [5.74, 6) is 0. The molecule has 2 fully saturated rings. The van der Waals surface area contributed by atoms with Gasteiger partial charge in [-0.25, -0.2) is 22.8 Å². The molecule has 0 spiro atoms. The predicted molar refractivity (Wildman–Crippen MR) is 190 cm³/mol. The number of nitrogens with zero attached hydrogens (tertiary/aromatic N) is 3. The first kappa shape index (κ1) is 37.0. The van der Waals surface area contributed by atoms with Crippen molar-refractivity contribution in [2.24, 2.45) is 0 Å². The number of hydrogen-bond acceptors (Lipinski definition) is 11. The minimum Gasteiger partial charge on any atom is -0.444 e. The first-order chi connectivity index (χ1) is 25.0. The van der Waals surface area contributed by atoms with Crippen molar-refractivity contribution in [2.45, 2.75) is 81.9 Å². The Labute approximate surface area is 301 Å². The minimum absolute atomic E-state index is 0.0157. The number of piperidine rings is 1. The Bertz CT molecular complexity index is 2010. The zero-order valence-corrected chi connectivity index (χ0v) is 30.1. The summed E-state index contributed by atoms with van der Waals surface area (Å²) < 4.78 is 50.1. The number of likely N-dealkylation sites (tertiary alicyclic amines) is 1. The molecule has 0 aliphatic carbocycles. The summed E-state index contributed by atoms with van der Waals surface area (Å²) in [6.07, 6.45) is 2.89. The van der Waals surface area contributed by atoms with Crippen LogP contribution in [0.15, 0.2) is 80.2 Å². The van der Waals surface area contributed by atoms with Gasteiger partial charge in [0.05, 0.1) is 15.9 Å². The zero-order chi connectivity index (χ0) is 36.8. The average Bonchev–Trinajstić information content (AvgIpc) is 3.65. The lowest BCUT2D eigenvalue weighted by atomic mass is 10.0. The number of sulfone groups is 1. The predicted octanol–water partition coefficient (Wildman–Crippen LogP) is 4.39. The van der Waals surface area contributed by atoms with Crippen molar-refractivity contribution in [3.8, 4) is 0 Å². The third kappa shape index (κ3) is 8.48. The SMILES string of the molecule is CC[C@H]1O[C@@H](n2cc(C)c(=O)[nH]c2=O)C[C@H]1OC(=O)OCCN(Cc1ccccc1)CC1CCCCN1C(=O)OCC1=Cc2ccccc2S1(=O)=O. The van der Waals surface area contributed by atoms with Gasteiger partial charge in [-0.15, -0.1) is 0 Å². The van der Waals surface area contributed by atoms with Crippen LogP contribution in [0.5, 0.6) is 0 Å². The van der Waals surface area contributed by atoms with E-state index in [0.29, 0.717) is 43.7 Å². The van der Waals surface area contributed by atoms with Crippen LogP contribution in [-0.4, -0.2) is 91.1 Å². The molecule has 6 rings (SSSR count). The van der Waals surface area contributed by atoms with Crippen LogP contribution in [0.4, 0.5) is 9.59 Å². The topological polar surface area (TPSA) is 167 Å². The highest BCUT2D eigenvalue weighted by Crippen LogP contribution is 2.33. The number of aromatic nitrogens is 2. The van der Waals surface area contributed by atoms with Crippen molar-refractivity contribution in [2.75, 3.05) is 32.8 Å². The van der Waals surface area contributed by atoms with Crippen molar-refractivity contribution in [3.05, 3.63) is 103 Å². The molecule has 15 heteroatoms. The maximum absolute atomic E-state index is 13.4. The summed E-state index contributed by atoms with van der Waals surface area (Å²) in [5, 5.41) is 0. The fourth-order valence-corrected chi connectivity index (χ4v) is 8.42. The van der Waals surface area contributed by atoms with Gasteiger partial charge in [0, 0.05) is 50.4 Å². The minimum atomic E-state index is -3.72. The zero-order valence-electron chi connectivity index (χ0n) is 29.3. The molecule has 278 valence electrons. The van der Waals surface area contributed by atoms with E-state index in [9.17, 15) is 27.6 Å². The van der Waals surface area contributed by atoms with Crippen molar-refractivity contribution < 1.29 is 37.0 Å². The number of carbonyl (C=O) groups is 2. The molecule has 2 saturated heterocycles. The van der Waals surface area contributed by atoms with Gasteiger partial charge in [-0.05, 0) is 55.9 Å². The first-order valence-corrected chi connectivity index (χ1v) is 19.1. The van der Waals surface area contributed by atoms with Crippen LogP contribution in [0.3, 0.4) is 0 Å². The highest BCUT2D eigenvalue weighted by Gasteiger charge is 2.39. The molecule has 3 aliphatic rings. The third-order valence-electron chi connectivity index (χ3n) is 9.70. The smallest absolute Gasteiger partial charge is 0.444 e. The van der Waals surface area contributed by atoms with Crippen LogP contribution in [0.2, 0.25) is 0 Å². The molecule has 14 nitrogen and oxygen atoms in total. The molecule has 0 bridgehead atoms. The monoisotopic (exact) mass is 736 g/mol. The Kier molecular flexibility index (Phi) is 11.6. The number of benzene rings is 2. The van der Waals surface area contributed by atoms with Gasteiger partial charge in [-0.3, -0.25) is 19.2 Å². The summed E-state index contributed by atoms with van der Waals surface area (Å²) in [5.41, 5.74) is 0.905. The molecular weight excluding hydrogens is 692 g/mol. The molecule has 52 heavy (non-hydrogen) atoms. The van der Waals surface area contributed by atoms with Gasteiger partial charge >= 0.3 is 17.9 Å². The summed E-state index contributed by atoms with van der Waals surface area (Å²) in [4.78, 5) is 56.9. The second-order valence-corrected chi connectivity index (χ2v) is 15.2. The van der Waals surface area contributed by atoms with E-state index in [1.807, 2.05) is 37.3 Å². The molecule has 0 radical (unpaired) electrons. The summed E-state index contributed by atoms with van der Waals surface area (Å²) in [6, 6.07) is 16.3. The van der Waals surface area contributed by atoms with Crippen LogP contribution in [0, 0.1) is 6.92 Å². The van der Waals surface area contributed by atoms with Gasteiger partial charge in [-0.2, -0.15) is 0 Å². The Hall–Kier alpha value is -4.73. The van der Waals surface area contributed by atoms with E-state index < -0.39 is 51.8 Å². The molecule has 2 aromatic carbocycles. The molecule has 1 amide bonds. The number of rotatable bonds is 12. The highest BCUT2D eigenvalue weighted by atomic mass is 32.2. The number of aromatic amines is 1. The Morgan fingerprint density at radius 2 is 1.81 bits per heavy atom. The maximum atomic E-state index is 13.4. The molecule has 0 saturated carbocycles. The average molecular weight is 737 g/mol. The Morgan fingerprint density at radius 3 is 2.58 bits per heavy atom. The van der Waals surface area contributed by atoms with Crippen LogP contribution in [0.25, 0.3) is 6.08 Å². The normalized spacial score (nSPS) is 22.1. The summed E-state index contributed by atoms with van der Waals surface area (Å²) in [6.45, 7) is 4.97. The summed E-state index contributed by atoms with van der Waals surface area (Å²) >= 11 is 0. The highest BCUT2D eigenvalue weighted by molar-refractivity contribution is 7.95. The van der Waals surface area contributed by atoms with Gasteiger partial charge in [-0.1, -0.05) is 55.5 Å². The fraction of sp³-hybridized carbons (Fsp3) is 0.459. The second kappa shape index (κ2) is 16.3. The lowest BCUT2D eigenvalue weighted by molar-refractivity contribution is -0.0385. The van der Waals surface area contributed by atoms with Crippen LogP contribution in [0.1, 0.15) is 61.9 Å². The fourth-order valence-electron chi connectivity index (χ4n) is 6.95. The molecular formula is C37H44N4O10S. The van der Waals surface area contributed by atoms with Gasteiger partial charge in [0.25, 0.3) is 5.56 Å². The van der Waals surface area contributed by atoms with Crippen molar-refractivity contribution in [3.63, 3.8) is 0 Å². The van der Waals surface area contributed by atoms with Crippen molar-refractivity contribution in [1.82, 2.24) is 19.4 Å². The quantitative estimate of drug-likeness (QED) is 0.262. The first-order valence-electron chi connectivity index (χ1n) is 17.6. The molecule has 3 aliphatic heterocycles. The molecule has 1 aromatic heterocycles. The Morgan fingerprint density at radius 1 is 1.04 bits per heavy atom. The number of nitrogens with one attached hydrogen (secondary N) is 1. The number of carbonyl (C=O) groups excluding carboxylic acids is 2. The molecule has 1 N–H and O–H groups in total. The molecule has 4 heterocycles. The van der Waals surface area contributed by atoms with E-state index in [1.54, 1.807) is 42.2 Å². The number of hydrogen-bond donors (Lipinski definition) is 1. The van der Waals surface area contributed by atoms with E-state index >= 15 is 0 Å². The van der Waals surface area contributed by atoms with Crippen LogP contribution in [-0.2, 0) is 35.3 Å². The summed E-state index contributed by atoms with van der Waals surface area (Å²) in [7, 11) is -3.72.